The third-order valence-corrected chi connectivity index (χ3v) is 2.43. The van der Waals surface area contributed by atoms with E-state index >= 15 is 0 Å². The molecular weight excluding hydrogens is 296 g/mol. The molecule has 0 atom stereocenters. The van der Waals surface area contributed by atoms with Crippen LogP contribution in [-0.4, -0.2) is 5.91 Å². The fourth-order valence-corrected chi connectivity index (χ4v) is 1.54. The zero-order valence-corrected chi connectivity index (χ0v) is 9.55. The lowest BCUT2D eigenvalue weighted by Gasteiger charge is -2.05. The highest BCUT2D eigenvalue weighted by atomic mass is 127. The van der Waals surface area contributed by atoms with Crippen LogP contribution in [0.3, 0.4) is 0 Å². The minimum Gasteiger partial charge on any atom is -0.325 e. The van der Waals surface area contributed by atoms with Crippen LogP contribution in [0.15, 0.2) is 30.9 Å². The predicted octanol–water partition coefficient (Wildman–Crippen LogP) is 2.94. The lowest BCUT2D eigenvalue weighted by atomic mass is 10.3. The maximum absolute atomic E-state index is 12.7. The van der Waals surface area contributed by atoms with E-state index in [0.717, 1.165) is 0 Å². The molecule has 0 aliphatic rings. The number of amides is 1. The first-order chi connectivity index (χ1) is 6.63. The van der Waals surface area contributed by atoms with Crippen LogP contribution in [0, 0.1) is 9.39 Å². The maximum atomic E-state index is 12.7. The molecule has 0 saturated carbocycles. The highest BCUT2D eigenvalue weighted by Crippen LogP contribution is 2.18. The van der Waals surface area contributed by atoms with Gasteiger partial charge in [-0.25, -0.2) is 4.39 Å². The van der Waals surface area contributed by atoms with Crippen LogP contribution < -0.4 is 5.32 Å². The SMILES string of the molecule is C=CCC(=O)Nc1ccc(F)cc1I. The Morgan fingerprint density at radius 2 is 2.36 bits per heavy atom. The topological polar surface area (TPSA) is 29.1 Å². The number of hydrogen-bond acceptors (Lipinski definition) is 1. The second-order valence-electron chi connectivity index (χ2n) is 2.67. The Bertz CT molecular complexity index is 365. The van der Waals surface area contributed by atoms with Gasteiger partial charge in [-0.3, -0.25) is 4.79 Å². The van der Waals surface area contributed by atoms with Gasteiger partial charge in [-0.2, -0.15) is 0 Å². The monoisotopic (exact) mass is 305 g/mol. The summed E-state index contributed by atoms with van der Waals surface area (Å²) >= 11 is 1.97. The highest BCUT2D eigenvalue weighted by molar-refractivity contribution is 14.1. The summed E-state index contributed by atoms with van der Waals surface area (Å²) in [6.07, 6.45) is 1.78. The summed E-state index contributed by atoms with van der Waals surface area (Å²) in [5, 5.41) is 2.65. The normalized spacial score (nSPS) is 9.57. The van der Waals surface area contributed by atoms with Gasteiger partial charge < -0.3 is 5.32 Å². The zero-order valence-electron chi connectivity index (χ0n) is 7.39. The fourth-order valence-electron chi connectivity index (χ4n) is 0.923. The van der Waals surface area contributed by atoms with Crippen molar-refractivity contribution in [1.29, 1.82) is 0 Å². The predicted molar refractivity (Wildman–Crippen MR) is 62.6 cm³/mol. The Hall–Kier alpha value is -0.910. The van der Waals surface area contributed by atoms with Crippen molar-refractivity contribution in [1.82, 2.24) is 0 Å². The molecule has 1 rings (SSSR count). The average Bonchev–Trinajstić information content (AvgIpc) is 2.10. The second kappa shape index (κ2) is 5.09. The molecule has 0 radical (unpaired) electrons. The Morgan fingerprint density at radius 1 is 1.64 bits per heavy atom. The van der Waals surface area contributed by atoms with Crippen molar-refractivity contribution in [3.8, 4) is 0 Å². The summed E-state index contributed by atoms with van der Waals surface area (Å²) in [7, 11) is 0. The summed E-state index contributed by atoms with van der Waals surface area (Å²) in [5.74, 6) is -0.458. The number of halogens is 2. The van der Waals surface area contributed by atoms with E-state index in [-0.39, 0.29) is 18.1 Å². The molecule has 74 valence electrons. The van der Waals surface area contributed by atoms with Crippen molar-refractivity contribution in [3.63, 3.8) is 0 Å². The molecule has 1 N–H and O–H groups in total. The van der Waals surface area contributed by atoms with Gasteiger partial charge >= 0.3 is 0 Å². The van der Waals surface area contributed by atoms with E-state index < -0.39 is 0 Å². The van der Waals surface area contributed by atoms with Crippen LogP contribution in [0.2, 0.25) is 0 Å². The van der Waals surface area contributed by atoms with Crippen molar-refractivity contribution in [2.45, 2.75) is 6.42 Å². The third-order valence-electron chi connectivity index (χ3n) is 1.53. The zero-order chi connectivity index (χ0) is 10.6. The van der Waals surface area contributed by atoms with Gasteiger partial charge in [0.2, 0.25) is 5.91 Å². The van der Waals surface area contributed by atoms with Gasteiger partial charge in [0.1, 0.15) is 5.82 Å². The van der Waals surface area contributed by atoms with Gasteiger partial charge in [-0.15, -0.1) is 6.58 Å². The molecule has 4 heteroatoms. The fraction of sp³-hybridized carbons (Fsp3) is 0.100. The van der Waals surface area contributed by atoms with Crippen molar-refractivity contribution in [2.24, 2.45) is 0 Å². The number of benzene rings is 1. The number of carbonyl (C=O) groups is 1. The van der Waals surface area contributed by atoms with Crippen molar-refractivity contribution >= 4 is 34.2 Å². The van der Waals surface area contributed by atoms with E-state index in [1.807, 2.05) is 22.6 Å². The maximum Gasteiger partial charge on any atom is 0.228 e. The Morgan fingerprint density at radius 3 is 2.93 bits per heavy atom. The minimum atomic E-state index is -0.309. The molecule has 0 bridgehead atoms. The lowest BCUT2D eigenvalue weighted by molar-refractivity contribution is -0.115. The van der Waals surface area contributed by atoms with Crippen LogP contribution in [-0.2, 0) is 4.79 Å². The van der Waals surface area contributed by atoms with Crippen molar-refractivity contribution in [3.05, 3.63) is 40.2 Å². The molecule has 0 aromatic heterocycles. The summed E-state index contributed by atoms with van der Waals surface area (Å²) < 4.78 is 13.4. The minimum absolute atomic E-state index is 0.149. The van der Waals surface area contributed by atoms with Gasteiger partial charge in [0.05, 0.1) is 5.69 Å². The van der Waals surface area contributed by atoms with Crippen LogP contribution in [0.5, 0.6) is 0 Å². The molecular formula is C10H9FINO. The molecule has 0 spiro atoms. The number of nitrogens with one attached hydrogen (secondary N) is 1. The quantitative estimate of drug-likeness (QED) is 0.675. The van der Waals surface area contributed by atoms with E-state index in [9.17, 15) is 9.18 Å². The van der Waals surface area contributed by atoms with E-state index in [4.69, 9.17) is 0 Å². The molecule has 0 unspecified atom stereocenters. The van der Waals surface area contributed by atoms with Gasteiger partial charge in [-0.05, 0) is 40.8 Å². The third kappa shape index (κ3) is 3.10. The molecule has 0 fully saturated rings. The molecule has 14 heavy (non-hydrogen) atoms. The largest absolute Gasteiger partial charge is 0.325 e. The van der Waals surface area contributed by atoms with Gasteiger partial charge in [0.15, 0.2) is 0 Å². The van der Waals surface area contributed by atoms with Crippen LogP contribution in [0.4, 0.5) is 10.1 Å². The van der Waals surface area contributed by atoms with Crippen molar-refractivity contribution in [2.75, 3.05) is 5.32 Å². The first-order valence-corrected chi connectivity index (χ1v) is 5.07. The highest BCUT2D eigenvalue weighted by Gasteiger charge is 2.04. The average molecular weight is 305 g/mol. The molecule has 2 nitrogen and oxygen atoms in total. The smallest absolute Gasteiger partial charge is 0.228 e. The van der Waals surface area contributed by atoms with E-state index in [2.05, 4.69) is 11.9 Å². The van der Waals surface area contributed by atoms with Crippen LogP contribution >= 0.6 is 22.6 Å². The van der Waals surface area contributed by atoms with Crippen molar-refractivity contribution < 1.29 is 9.18 Å². The number of hydrogen-bond donors (Lipinski definition) is 1. The van der Waals surface area contributed by atoms with E-state index in [0.29, 0.717) is 9.26 Å². The van der Waals surface area contributed by atoms with Crippen LogP contribution in [0.25, 0.3) is 0 Å². The van der Waals surface area contributed by atoms with Gasteiger partial charge in [-0.1, -0.05) is 6.08 Å². The molecule has 0 saturated heterocycles. The Balaban J connectivity index is 2.76. The summed E-state index contributed by atoms with van der Waals surface area (Å²) in [6.45, 7) is 3.46. The number of carbonyl (C=O) groups excluding carboxylic acids is 1. The first kappa shape index (κ1) is 11.2. The summed E-state index contributed by atoms with van der Waals surface area (Å²) in [6, 6.07) is 4.22. The molecule has 1 amide bonds. The summed E-state index contributed by atoms with van der Waals surface area (Å²) in [4.78, 5) is 11.2. The van der Waals surface area contributed by atoms with E-state index in [1.165, 1.54) is 24.3 Å². The standard InChI is InChI=1S/C10H9FINO/c1-2-3-10(14)13-9-5-4-7(11)6-8(9)12/h2,4-6H,1,3H2,(H,13,14). The molecule has 1 aromatic rings. The Labute approximate surface area is 95.3 Å². The first-order valence-electron chi connectivity index (χ1n) is 3.99. The second-order valence-corrected chi connectivity index (χ2v) is 3.83. The molecule has 1 aromatic carbocycles. The van der Waals surface area contributed by atoms with Gasteiger partial charge in [0.25, 0.3) is 0 Å². The number of anilines is 1. The number of rotatable bonds is 3. The van der Waals surface area contributed by atoms with E-state index in [1.54, 1.807) is 0 Å². The molecule has 0 heterocycles. The summed E-state index contributed by atoms with van der Waals surface area (Å²) in [5.41, 5.74) is 0.624. The van der Waals surface area contributed by atoms with Gasteiger partial charge in [0, 0.05) is 9.99 Å². The van der Waals surface area contributed by atoms with Crippen LogP contribution in [0.1, 0.15) is 6.42 Å². The Kier molecular flexibility index (Phi) is 4.06. The lowest BCUT2D eigenvalue weighted by Crippen LogP contribution is -2.10. The molecule has 0 aliphatic carbocycles. The molecule has 0 aliphatic heterocycles.